The number of hydrogen-bond donors (Lipinski definition) is 1. The lowest BCUT2D eigenvalue weighted by Crippen LogP contribution is -2.35. The summed E-state index contributed by atoms with van der Waals surface area (Å²) in [5.41, 5.74) is 6.27. The van der Waals surface area contributed by atoms with Gasteiger partial charge in [-0.2, -0.15) is 4.37 Å². The molecular weight excluding hydrogens is 377 g/mol. The van der Waals surface area contributed by atoms with Gasteiger partial charge in [0, 0.05) is 11.3 Å². The number of halogens is 1. The summed E-state index contributed by atoms with van der Waals surface area (Å²) in [4.78, 5) is 13.4. The van der Waals surface area contributed by atoms with E-state index < -0.39 is 6.09 Å². The first-order valence-corrected chi connectivity index (χ1v) is 11.1. The van der Waals surface area contributed by atoms with Crippen molar-refractivity contribution in [2.45, 2.75) is 57.0 Å². The molecule has 5 nitrogen and oxygen atoms in total. The number of primary amides is 1. The van der Waals surface area contributed by atoms with Crippen LogP contribution in [-0.2, 0) is 4.74 Å². The van der Waals surface area contributed by atoms with Crippen LogP contribution in [-0.4, -0.2) is 41.1 Å². The van der Waals surface area contributed by atoms with E-state index in [1.807, 2.05) is 6.07 Å². The number of piperidine rings is 1. The number of likely N-dealkylation sites (tertiary alicyclic amines) is 1. The van der Waals surface area contributed by atoms with E-state index in [0.29, 0.717) is 5.92 Å². The Morgan fingerprint density at radius 1 is 1.21 bits per heavy atom. The van der Waals surface area contributed by atoms with Crippen molar-refractivity contribution in [3.8, 4) is 0 Å². The molecule has 1 saturated heterocycles. The summed E-state index contributed by atoms with van der Waals surface area (Å²) in [6.45, 7) is 3.35. The lowest BCUT2D eigenvalue weighted by Gasteiger charge is -2.33. The van der Waals surface area contributed by atoms with Crippen molar-refractivity contribution in [2.75, 3.05) is 19.6 Å². The molecule has 2 aromatic rings. The molecule has 0 bridgehead atoms. The average molecular weight is 406 g/mol. The monoisotopic (exact) mass is 405 g/mol. The van der Waals surface area contributed by atoms with Crippen LogP contribution in [0.4, 0.5) is 9.18 Å². The van der Waals surface area contributed by atoms with Gasteiger partial charge in [0.05, 0.1) is 10.4 Å². The predicted octanol–water partition coefficient (Wildman–Crippen LogP) is 4.66. The van der Waals surface area contributed by atoms with Gasteiger partial charge < -0.3 is 15.4 Å². The Labute approximate surface area is 169 Å². The summed E-state index contributed by atoms with van der Waals surface area (Å²) in [7, 11) is 0. The molecule has 2 fully saturated rings. The molecule has 152 valence electrons. The molecule has 2 aliphatic rings. The van der Waals surface area contributed by atoms with Crippen LogP contribution in [0.1, 0.15) is 56.6 Å². The highest BCUT2D eigenvalue weighted by atomic mass is 32.1. The zero-order valence-corrected chi connectivity index (χ0v) is 16.9. The van der Waals surface area contributed by atoms with Gasteiger partial charge >= 0.3 is 6.09 Å². The van der Waals surface area contributed by atoms with Crippen molar-refractivity contribution in [3.05, 3.63) is 29.7 Å². The summed E-state index contributed by atoms with van der Waals surface area (Å²) in [5.74, 6) is 1.02. The van der Waals surface area contributed by atoms with Gasteiger partial charge in [0.25, 0.3) is 0 Å². The number of nitrogens with two attached hydrogens (primary N) is 1. The molecule has 1 aromatic carbocycles. The SMILES string of the molecule is NC(=O)OC1CCC(CCN2CCC(c3nsc4cc(F)ccc34)CC2)CC1. The van der Waals surface area contributed by atoms with Gasteiger partial charge in [0.1, 0.15) is 11.9 Å². The molecule has 0 unspecified atom stereocenters. The maximum absolute atomic E-state index is 13.4. The van der Waals surface area contributed by atoms with E-state index in [2.05, 4.69) is 9.27 Å². The molecule has 0 spiro atoms. The first-order chi connectivity index (χ1) is 13.6. The van der Waals surface area contributed by atoms with Crippen molar-refractivity contribution < 1.29 is 13.9 Å². The first kappa shape index (κ1) is 19.6. The van der Waals surface area contributed by atoms with Gasteiger partial charge in [-0.05, 0) is 100 Å². The molecule has 1 aliphatic heterocycles. The van der Waals surface area contributed by atoms with Crippen LogP contribution in [0.15, 0.2) is 18.2 Å². The molecule has 1 aliphatic carbocycles. The summed E-state index contributed by atoms with van der Waals surface area (Å²) in [6.07, 6.45) is 6.94. The maximum Gasteiger partial charge on any atom is 0.404 e. The van der Waals surface area contributed by atoms with Crippen LogP contribution in [0.25, 0.3) is 10.1 Å². The molecule has 28 heavy (non-hydrogen) atoms. The molecular formula is C21H28FN3O2S. The average Bonchev–Trinajstić information content (AvgIpc) is 3.10. The number of carbonyl (C=O) groups excluding carboxylic acids is 1. The van der Waals surface area contributed by atoms with Gasteiger partial charge in [-0.1, -0.05) is 0 Å². The van der Waals surface area contributed by atoms with Crippen molar-refractivity contribution in [3.63, 3.8) is 0 Å². The second-order valence-electron chi connectivity index (χ2n) is 8.19. The second-order valence-corrected chi connectivity index (χ2v) is 9.00. The number of amides is 1. The predicted molar refractivity (Wildman–Crippen MR) is 109 cm³/mol. The lowest BCUT2D eigenvalue weighted by molar-refractivity contribution is 0.0673. The zero-order chi connectivity index (χ0) is 19.5. The minimum absolute atomic E-state index is 0.0194. The van der Waals surface area contributed by atoms with Crippen LogP contribution in [0.5, 0.6) is 0 Å². The quantitative estimate of drug-likeness (QED) is 0.786. The number of rotatable bonds is 5. The first-order valence-electron chi connectivity index (χ1n) is 10.3. The molecule has 0 radical (unpaired) electrons. The van der Waals surface area contributed by atoms with E-state index in [1.54, 1.807) is 12.1 Å². The number of fused-ring (bicyclic) bond motifs is 1. The van der Waals surface area contributed by atoms with Crippen LogP contribution >= 0.6 is 11.5 Å². The molecule has 2 heterocycles. The van der Waals surface area contributed by atoms with E-state index in [0.717, 1.165) is 79.9 Å². The number of nitrogens with zero attached hydrogens (tertiary/aromatic N) is 2. The Balaban J connectivity index is 1.22. The fourth-order valence-electron chi connectivity index (χ4n) is 4.72. The highest BCUT2D eigenvalue weighted by Crippen LogP contribution is 2.35. The van der Waals surface area contributed by atoms with E-state index in [-0.39, 0.29) is 11.9 Å². The van der Waals surface area contributed by atoms with Crippen molar-refractivity contribution in [1.29, 1.82) is 0 Å². The molecule has 0 atom stereocenters. The van der Waals surface area contributed by atoms with E-state index >= 15 is 0 Å². The fourth-order valence-corrected chi connectivity index (χ4v) is 5.60. The third-order valence-corrected chi connectivity index (χ3v) is 7.19. The second kappa shape index (κ2) is 8.74. The Bertz CT molecular complexity index is 811. The number of hydrogen-bond acceptors (Lipinski definition) is 5. The van der Waals surface area contributed by atoms with Crippen molar-refractivity contribution in [2.24, 2.45) is 11.7 Å². The molecule has 1 amide bonds. The zero-order valence-electron chi connectivity index (χ0n) is 16.1. The van der Waals surface area contributed by atoms with Gasteiger partial charge in [0.2, 0.25) is 0 Å². The Morgan fingerprint density at radius 3 is 2.68 bits per heavy atom. The highest BCUT2D eigenvalue weighted by Gasteiger charge is 2.26. The standard InChI is InChI=1S/C21H28FN3O2S/c22-16-3-6-18-19(13-16)28-24-20(18)15-8-11-25(12-9-15)10-7-14-1-4-17(5-2-14)27-21(23)26/h3,6,13-15,17H,1-2,4-5,7-12H2,(H2,23,26). The Kier molecular flexibility index (Phi) is 6.11. The number of carbonyl (C=O) groups is 1. The summed E-state index contributed by atoms with van der Waals surface area (Å²) in [6, 6.07) is 5.02. The Hall–Kier alpha value is -1.73. The highest BCUT2D eigenvalue weighted by molar-refractivity contribution is 7.13. The third-order valence-electron chi connectivity index (χ3n) is 6.37. The van der Waals surface area contributed by atoms with Crippen LogP contribution in [0, 0.1) is 11.7 Å². The van der Waals surface area contributed by atoms with Crippen LogP contribution in [0.2, 0.25) is 0 Å². The lowest BCUT2D eigenvalue weighted by atomic mass is 9.85. The fraction of sp³-hybridized carbons (Fsp3) is 0.619. The van der Waals surface area contributed by atoms with Crippen molar-refractivity contribution in [1.82, 2.24) is 9.27 Å². The summed E-state index contributed by atoms with van der Waals surface area (Å²) < 4.78 is 24.1. The maximum atomic E-state index is 13.4. The minimum atomic E-state index is -0.649. The summed E-state index contributed by atoms with van der Waals surface area (Å²) in [5, 5.41) is 1.12. The minimum Gasteiger partial charge on any atom is -0.446 e. The molecule has 1 saturated carbocycles. The molecule has 4 rings (SSSR count). The van der Waals surface area contributed by atoms with Gasteiger partial charge in [0.15, 0.2) is 0 Å². The third kappa shape index (κ3) is 4.63. The van der Waals surface area contributed by atoms with Gasteiger partial charge in [-0.15, -0.1) is 0 Å². The normalized spacial score (nSPS) is 24.5. The molecule has 2 N–H and O–H groups in total. The topological polar surface area (TPSA) is 68.5 Å². The molecule has 1 aromatic heterocycles. The molecule has 7 heteroatoms. The largest absolute Gasteiger partial charge is 0.446 e. The Morgan fingerprint density at radius 2 is 1.96 bits per heavy atom. The number of ether oxygens (including phenoxy) is 1. The van der Waals surface area contributed by atoms with Gasteiger partial charge in [-0.3, -0.25) is 0 Å². The van der Waals surface area contributed by atoms with Crippen molar-refractivity contribution >= 4 is 27.7 Å². The van der Waals surface area contributed by atoms with Crippen LogP contribution < -0.4 is 5.73 Å². The van der Waals surface area contributed by atoms with E-state index in [1.165, 1.54) is 18.0 Å². The van der Waals surface area contributed by atoms with Gasteiger partial charge in [-0.25, -0.2) is 9.18 Å². The summed E-state index contributed by atoms with van der Waals surface area (Å²) >= 11 is 1.41. The van der Waals surface area contributed by atoms with Crippen LogP contribution in [0.3, 0.4) is 0 Å². The number of aromatic nitrogens is 1. The van der Waals surface area contributed by atoms with E-state index in [9.17, 15) is 9.18 Å². The smallest absolute Gasteiger partial charge is 0.404 e. The number of benzene rings is 1. The van der Waals surface area contributed by atoms with E-state index in [4.69, 9.17) is 10.5 Å².